The number of carbonyl (C=O) groups excluding carboxylic acids is 1. The summed E-state index contributed by atoms with van der Waals surface area (Å²) in [6.07, 6.45) is -0.0779. The minimum Gasteiger partial charge on any atom is -0.351 e. The second-order valence-corrected chi connectivity index (χ2v) is 6.80. The van der Waals surface area contributed by atoms with E-state index in [1.165, 1.54) is 0 Å². The van der Waals surface area contributed by atoms with Gasteiger partial charge in [0.25, 0.3) is 0 Å². The molecule has 0 bridgehead atoms. The van der Waals surface area contributed by atoms with E-state index in [1.54, 1.807) is 17.0 Å². The van der Waals surface area contributed by atoms with Crippen LogP contribution in [0.25, 0.3) is 0 Å². The summed E-state index contributed by atoms with van der Waals surface area (Å²) in [7, 11) is 0. The molecule has 1 atom stereocenters. The molecule has 25 heavy (non-hydrogen) atoms. The Morgan fingerprint density at radius 1 is 1.16 bits per heavy atom. The summed E-state index contributed by atoms with van der Waals surface area (Å²) in [5.41, 5.74) is 7.02. The van der Waals surface area contributed by atoms with E-state index in [2.05, 4.69) is 0 Å². The third kappa shape index (κ3) is 7.12. The zero-order chi connectivity index (χ0) is 19.0. The number of hydrogen-bond donors (Lipinski definition) is 1. The number of hydrogen-bond acceptors (Lipinski definition) is 4. The van der Waals surface area contributed by atoms with Crippen molar-refractivity contribution in [2.24, 2.45) is 5.73 Å². The predicted octanol–water partition coefficient (Wildman–Crippen LogP) is 3.50. The van der Waals surface area contributed by atoms with Crippen LogP contribution >= 0.6 is 23.2 Å². The summed E-state index contributed by atoms with van der Waals surface area (Å²) in [5, 5.41) is 0.928. The normalized spacial score (nSPS) is 12.7. The molecule has 0 aromatic heterocycles. The van der Waals surface area contributed by atoms with E-state index in [0.29, 0.717) is 36.2 Å². The second kappa shape index (κ2) is 11.0. The topological polar surface area (TPSA) is 64.8 Å². The standard InChI is InChI=1S/C18H28Cl2N2O3/c1-5-24-17(25-6-2)11-22(12(3)4)18(23)16(21)10-13-7-8-14(19)15(20)9-13/h7-9,12,16-17H,5-6,10-11,21H2,1-4H3. The van der Waals surface area contributed by atoms with Crippen molar-refractivity contribution in [1.82, 2.24) is 4.90 Å². The number of carbonyl (C=O) groups is 1. The lowest BCUT2D eigenvalue weighted by atomic mass is 10.0. The van der Waals surface area contributed by atoms with Crippen LogP contribution in [0.1, 0.15) is 33.3 Å². The molecule has 0 aliphatic heterocycles. The van der Waals surface area contributed by atoms with Gasteiger partial charge in [-0.15, -0.1) is 0 Å². The lowest BCUT2D eigenvalue weighted by Gasteiger charge is -2.32. The zero-order valence-electron chi connectivity index (χ0n) is 15.3. The molecule has 1 aromatic rings. The van der Waals surface area contributed by atoms with Gasteiger partial charge in [0.15, 0.2) is 6.29 Å². The molecule has 0 heterocycles. The van der Waals surface area contributed by atoms with Crippen LogP contribution in [0.3, 0.4) is 0 Å². The first-order valence-corrected chi connectivity index (χ1v) is 9.28. The number of nitrogens with two attached hydrogens (primary N) is 1. The maximum Gasteiger partial charge on any atom is 0.240 e. The number of benzene rings is 1. The minimum atomic E-state index is -0.677. The molecule has 0 radical (unpaired) electrons. The predicted molar refractivity (Wildman–Crippen MR) is 102 cm³/mol. The van der Waals surface area contributed by atoms with Crippen LogP contribution in [-0.4, -0.2) is 48.9 Å². The third-order valence-electron chi connectivity index (χ3n) is 3.71. The van der Waals surface area contributed by atoms with Crippen molar-refractivity contribution in [2.45, 2.75) is 52.5 Å². The molecule has 5 nitrogen and oxygen atoms in total. The fourth-order valence-electron chi connectivity index (χ4n) is 2.46. The summed E-state index contributed by atoms with van der Waals surface area (Å²) in [4.78, 5) is 14.5. The highest BCUT2D eigenvalue weighted by atomic mass is 35.5. The highest BCUT2D eigenvalue weighted by molar-refractivity contribution is 6.42. The highest BCUT2D eigenvalue weighted by Crippen LogP contribution is 2.23. The van der Waals surface area contributed by atoms with Gasteiger partial charge < -0.3 is 20.1 Å². The molecule has 0 aliphatic rings. The van der Waals surface area contributed by atoms with Gasteiger partial charge in [0.2, 0.25) is 5.91 Å². The van der Waals surface area contributed by atoms with Gasteiger partial charge in [-0.05, 0) is 51.8 Å². The Morgan fingerprint density at radius 2 is 1.76 bits per heavy atom. The first-order chi connectivity index (χ1) is 11.8. The van der Waals surface area contributed by atoms with Crippen LogP contribution in [0.5, 0.6) is 0 Å². The van der Waals surface area contributed by atoms with Crippen molar-refractivity contribution in [3.05, 3.63) is 33.8 Å². The van der Waals surface area contributed by atoms with Crippen molar-refractivity contribution in [3.8, 4) is 0 Å². The highest BCUT2D eigenvalue weighted by Gasteiger charge is 2.26. The summed E-state index contributed by atoms with van der Waals surface area (Å²) < 4.78 is 11.1. The minimum absolute atomic E-state index is 0.0178. The molecule has 0 fully saturated rings. The van der Waals surface area contributed by atoms with E-state index in [0.717, 1.165) is 5.56 Å². The molecule has 7 heteroatoms. The molecular formula is C18H28Cl2N2O3. The summed E-state index contributed by atoms with van der Waals surface area (Å²) in [6, 6.07) is 4.57. The quantitative estimate of drug-likeness (QED) is 0.620. The van der Waals surface area contributed by atoms with Crippen LogP contribution in [0.4, 0.5) is 0 Å². The maximum absolute atomic E-state index is 12.8. The second-order valence-electron chi connectivity index (χ2n) is 5.98. The Bertz CT molecular complexity index is 549. The lowest BCUT2D eigenvalue weighted by molar-refractivity contribution is -0.162. The van der Waals surface area contributed by atoms with Gasteiger partial charge in [-0.1, -0.05) is 29.3 Å². The number of amides is 1. The lowest BCUT2D eigenvalue weighted by Crippen LogP contribution is -2.51. The molecule has 2 N–H and O–H groups in total. The van der Waals surface area contributed by atoms with E-state index in [9.17, 15) is 4.79 Å². The van der Waals surface area contributed by atoms with Gasteiger partial charge in [0.05, 0.1) is 22.6 Å². The molecule has 0 spiro atoms. The third-order valence-corrected chi connectivity index (χ3v) is 4.45. The van der Waals surface area contributed by atoms with E-state index in [4.69, 9.17) is 38.4 Å². The van der Waals surface area contributed by atoms with Crippen molar-refractivity contribution in [3.63, 3.8) is 0 Å². The SMILES string of the molecule is CCOC(CN(C(=O)C(N)Cc1ccc(Cl)c(Cl)c1)C(C)C)OCC. The molecule has 1 aromatic carbocycles. The average Bonchev–Trinajstić information content (AvgIpc) is 2.55. The van der Waals surface area contributed by atoms with Crippen LogP contribution in [-0.2, 0) is 20.7 Å². The van der Waals surface area contributed by atoms with Crippen molar-refractivity contribution in [1.29, 1.82) is 0 Å². The van der Waals surface area contributed by atoms with Crippen molar-refractivity contribution < 1.29 is 14.3 Å². The smallest absolute Gasteiger partial charge is 0.240 e. The monoisotopic (exact) mass is 390 g/mol. The fourth-order valence-corrected chi connectivity index (χ4v) is 2.78. The van der Waals surface area contributed by atoms with Gasteiger partial charge in [-0.25, -0.2) is 0 Å². The molecule has 0 aliphatic carbocycles. The molecule has 1 unspecified atom stereocenters. The summed E-state index contributed by atoms with van der Waals surface area (Å²) in [5.74, 6) is -0.148. The van der Waals surface area contributed by atoms with Crippen LogP contribution in [0, 0.1) is 0 Å². The molecule has 142 valence electrons. The van der Waals surface area contributed by atoms with E-state index >= 15 is 0 Å². The van der Waals surface area contributed by atoms with Gasteiger partial charge >= 0.3 is 0 Å². The molecular weight excluding hydrogens is 363 g/mol. The van der Waals surface area contributed by atoms with Crippen LogP contribution in [0.2, 0.25) is 10.0 Å². The Morgan fingerprint density at radius 3 is 2.24 bits per heavy atom. The number of nitrogens with zero attached hydrogens (tertiary/aromatic N) is 1. The van der Waals surface area contributed by atoms with Gasteiger partial charge in [0.1, 0.15) is 0 Å². The molecule has 1 amide bonds. The van der Waals surface area contributed by atoms with Gasteiger partial charge in [-0.3, -0.25) is 4.79 Å². The summed E-state index contributed by atoms with van der Waals surface area (Å²) in [6.45, 7) is 9.04. The Kier molecular flexibility index (Phi) is 9.75. The first-order valence-electron chi connectivity index (χ1n) is 8.53. The molecule has 1 rings (SSSR count). The number of rotatable bonds is 10. The first kappa shape index (κ1) is 22.2. The van der Waals surface area contributed by atoms with Crippen LogP contribution in [0.15, 0.2) is 18.2 Å². The Hall–Kier alpha value is -0.850. The van der Waals surface area contributed by atoms with Crippen molar-refractivity contribution >= 4 is 29.1 Å². The number of ether oxygens (including phenoxy) is 2. The van der Waals surface area contributed by atoms with E-state index in [1.807, 2.05) is 33.8 Å². The average molecular weight is 391 g/mol. The number of halogens is 2. The van der Waals surface area contributed by atoms with Gasteiger partial charge in [-0.2, -0.15) is 0 Å². The summed E-state index contributed by atoms with van der Waals surface area (Å²) >= 11 is 11.9. The van der Waals surface area contributed by atoms with Gasteiger partial charge in [0, 0.05) is 19.3 Å². The van der Waals surface area contributed by atoms with E-state index < -0.39 is 12.3 Å². The fraction of sp³-hybridized carbons (Fsp3) is 0.611. The van der Waals surface area contributed by atoms with Crippen LogP contribution < -0.4 is 5.73 Å². The molecule has 0 saturated heterocycles. The van der Waals surface area contributed by atoms with E-state index in [-0.39, 0.29) is 11.9 Å². The van der Waals surface area contributed by atoms with Crippen molar-refractivity contribution in [2.75, 3.05) is 19.8 Å². The maximum atomic E-state index is 12.8. The largest absolute Gasteiger partial charge is 0.351 e. The molecule has 0 saturated carbocycles. The zero-order valence-corrected chi connectivity index (χ0v) is 16.8. The Labute approximate surface area is 160 Å². The Balaban J connectivity index is 2.80.